The van der Waals surface area contributed by atoms with Gasteiger partial charge in [-0.25, -0.2) is 13.1 Å². The van der Waals surface area contributed by atoms with Crippen molar-refractivity contribution in [3.05, 3.63) is 28.8 Å². The molecule has 11 heteroatoms. The summed E-state index contributed by atoms with van der Waals surface area (Å²) in [5, 5.41) is 0. The van der Waals surface area contributed by atoms with E-state index in [0.717, 1.165) is 0 Å². The van der Waals surface area contributed by atoms with Crippen LogP contribution in [-0.4, -0.2) is 82.6 Å². The molecule has 0 aromatic heterocycles. The number of rotatable bonds is 7. The van der Waals surface area contributed by atoms with Crippen LogP contribution in [0.1, 0.15) is 35.3 Å². The normalized spacial score (nSPS) is 16.4. The largest absolute Gasteiger partial charge is 0.336 e. The molecule has 1 amide bonds. The van der Waals surface area contributed by atoms with Crippen molar-refractivity contribution in [1.82, 2.24) is 18.2 Å². The molecule has 0 unspecified atom stereocenters. The van der Waals surface area contributed by atoms with E-state index in [9.17, 15) is 21.6 Å². The molecule has 1 aromatic carbocycles. The van der Waals surface area contributed by atoms with Gasteiger partial charge in [-0.05, 0) is 44.2 Å². The Balaban J connectivity index is 2.22. The van der Waals surface area contributed by atoms with Gasteiger partial charge in [0.15, 0.2) is 0 Å². The molecule has 0 saturated carbocycles. The zero-order chi connectivity index (χ0) is 22.0. The maximum Gasteiger partial charge on any atom is 0.282 e. The number of sulfonamides is 1. The summed E-state index contributed by atoms with van der Waals surface area (Å²) in [7, 11) is -5.91. The molecule has 1 fully saturated rings. The monoisotopic (exact) mass is 446 g/mol. The summed E-state index contributed by atoms with van der Waals surface area (Å²) < 4.78 is 54.9. The molecule has 1 aliphatic heterocycles. The zero-order valence-electron chi connectivity index (χ0n) is 17.6. The van der Waals surface area contributed by atoms with Crippen molar-refractivity contribution in [2.75, 3.05) is 46.3 Å². The van der Waals surface area contributed by atoms with Crippen molar-refractivity contribution < 1.29 is 21.6 Å². The molecule has 0 radical (unpaired) electrons. The SMILES string of the molecule is CCN(CC)S(=O)(=O)N1CCN(C(=O)c2cc(C)c(C)c(S(=O)(=O)NC)c2)CC1. The summed E-state index contributed by atoms with van der Waals surface area (Å²) in [5.74, 6) is -0.305. The second-order valence-corrected chi connectivity index (χ2v) is 10.7. The Morgan fingerprint density at radius 3 is 2.07 bits per heavy atom. The van der Waals surface area contributed by atoms with Crippen LogP contribution in [0.2, 0.25) is 0 Å². The highest BCUT2D eigenvalue weighted by Gasteiger charge is 2.32. The predicted molar refractivity (Wildman–Crippen MR) is 111 cm³/mol. The molecule has 0 aliphatic carbocycles. The molecule has 1 heterocycles. The first-order valence-corrected chi connectivity index (χ1v) is 12.5. The second-order valence-electron chi connectivity index (χ2n) is 6.91. The van der Waals surface area contributed by atoms with Crippen molar-refractivity contribution in [1.29, 1.82) is 0 Å². The van der Waals surface area contributed by atoms with Crippen LogP contribution in [0.25, 0.3) is 0 Å². The summed E-state index contributed by atoms with van der Waals surface area (Å²) in [6, 6.07) is 3.06. The molecular formula is C18H30N4O5S2. The number of benzene rings is 1. The minimum absolute atomic E-state index is 0.0751. The lowest BCUT2D eigenvalue weighted by Gasteiger charge is -2.36. The van der Waals surface area contributed by atoms with Gasteiger partial charge in [-0.1, -0.05) is 13.8 Å². The number of carbonyl (C=O) groups excluding carboxylic acids is 1. The first-order chi connectivity index (χ1) is 13.5. The van der Waals surface area contributed by atoms with Crippen molar-refractivity contribution in [3.63, 3.8) is 0 Å². The number of carbonyl (C=O) groups is 1. The molecule has 2 rings (SSSR count). The van der Waals surface area contributed by atoms with Crippen LogP contribution in [0, 0.1) is 13.8 Å². The third-order valence-electron chi connectivity index (χ3n) is 5.31. The van der Waals surface area contributed by atoms with Gasteiger partial charge >= 0.3 is 0 Å². The fourth-order valence-corrected chi connectivity index (χ4v) is 6.03. The number of hydrogen-bond donors (Lipinski definition) is 1. The lowest BCUT2D eigenvalue weighted by Crippen LogP contribution is -2.54. The van der Waals surface area contributed by atoms with Gasteiger partial charge in [0.25, 0.3) is 16.1 Å². The van der Waals surface area contributed by atoms with E-state index in [1.54, 1.807) is 38.7 Å². The summed E-state index contributed by atoms with van der Waals surface area (Å²) in [5.41, 5.74) is 1.57. The molecule has 164 valence electrons. The Labute approximate surface area is 173 Å². The highest BCUT2D eigenvalue weighted by molar-refractivity contribution is 7.89. The maximum absolute atomic E-state index is 13.0. The van der Waals surface area contributed by atoms with Gasteiger partial charge in [0.1, 0.15) is 0 Å². The lowest BCUT2D eigenvalue weighted by atomic mass is 10.1. The third-order valence-corrected chi connectivity index (χ3v) is 9.04. The number of amides is 1. The number of nitrogens with one attached hydrogen (secondary N) is 1. The molecule has 9 nitrogen and oxygen atoms in total. The summed E-state index contributed by atoms with van der Waals surface area (Å²) in [4.78, 5) is 14.6. The summed E-state index contributed by atoms with van der Waals surface area (Å²) in [6.07, 6.45) is 0. The minimum Gasteiger partial charge on any atom is -0.336 e. The van der Waals surface area contributed by atoms with E-state index >= 15 is 0 Å². The highest BCUT2D eigenvalue weighted by atomic mass is 32.2. The topological polar surface area (TPSA) is 107 Å². The Kier molecular flexibility index (Phi) is 7.44. The van der Waals surface area contributed by atoms with Crippen LogP contribution in [0.5, 0.6) is 0 Å². The standard InChI is InChI=1S/C18H30N4O5S2/c1-6-21(7-2)29(26,27)22-10-8-20(9-11-22)18(23)16-12-14(3)15(4)17(13-16)28(24,25)19-5/h12-13,19H,6-11H2,1-5H3. The Bertz CT molecular complexity index is 964. The molecular weight excluding hydrogens is 416 g/mol. The lowest BCUT2D eigenvalue weighted by molar-refractivity contribution is 0.0694. The smallest absolute Gasteiger partial charge is 0.282 e. The van der Waals surface area contributed by atoms with Gasteiger partial charge in [0.05, 0.1) is 4.90 Å². The molecule has 1 saturated heterocycles. The Hall–Kier alpha value is -1.53. The van der Waals surface area contributed by atoms with E-state index in [0.29, 0.717) is 24.2 Å². The van der Waals surface area contributed by atoms with Crippen LogP contribution in [0.15, 0.2) is 17.0 Å². The third kappa shape index (κ3) is 4.80. The average molecular weight is 447 g/mol. The molecule has 29 heavy (non-hydrogen) atoms. The number of nitrogens with zero attached hydrogens (tertiary/aromatic N) is 3. The summed E-state index contributed by atoms with van der Waals surface area (Å²) >= 11 is 0. The van der Waals surface area contributed by atoms with Crippen LogP contribution < -0.4 is 4.72 Å². The van der Waals surface area contributed by atoms with Gasteiger partial charge in [-0.3, -0.25) is 4.79 Å². The predicted octanol–water partition coefficient (Wildman–Crippen LogP) is 0.556. The van der Waals surface area contributed by atoms with Crippen LogP contribution in [0.3, 0.4) is 0 Å². The van der Waals surface area contributed by atoms with Crippen molar-refractivity contribution in [2.24, 2.45) is 0 Å². The highest BCUT2D eigenvalue weighted by Crippen LogP contribution is 2.23. The van der Waals surface area contributed by atoms with Crippen molar-refractivity contribution in [2.45, 2.75) is 32.6 Å². The molecule has 0 atom stereocenters. The van der Waals surface area contributed by atoms with E-state index in [1.807, 2.05) is 0 Å². The minimum atomic E-state index is -3.70. The van der Waals surface area contributed by atoms with Gasteiger partial charge in [-0.15, -0.1) is 0 Å². The van der Waals surface area contributed by atoms with E-state index in [1.165, 1.54) is 21.7 Å². The molecule has 1 N–H and O–H groups in total. The quantitative estimate of drug-likeness (QED) is 0.658. The van der Waals surface area contributed by atoms with E-state index in [2.05, 4.69) is 4.72 Å². The number of aryl methyl sites for hydroxylation is 1. The fraction of sp³-hybridized carbons (Fsp3) is 0.611. The van der Waals surface area contributed by atoms with Gasteiger partial charge in [0.2, 0.25) is 10.0 Å². The first kappa shape index (κ1) is 23.7. The molecule has 1 aliphatic rings. The van der Waals surface area contributed by atoms with Crippen LogP contribution >= 0.6 is 0 Å². The van der Waals surface area contributed by atoms with Crippen LogP contribution in [-0.2, 0) is 20.2 Å². The van der Waals surface area contributed by atoms with E-state index < -0.39 is 20.2 Å². The number of piperazine rings is 1. The number of hydrogen-bond acceptors (Lipinski definition) is 5. The van der Waals surface area contributed by atoms with Gasteiger partial charge in [-0.2, -0.15) is 17.0 Å². The second kappa shape index (κ2) is 9.09. The van der Waals surface area contributed by atoms with E-state index in [-0.39, 0.29) is 42.5 Å². The van der Waals surface area contributed by atoms with E-state index in [4.69, 9.17) is 0 Å². The Morgan fingerprint density at radius 1 is 1.03 bits per heavy atom. The van der Waals surface area contributed by atoms with Crippen LogP contribution in [0.4, 0.5) is 0 Å². The Morgan fingerprint density at radius 2 is 1.59 bits per heavy atom. The maximum atomic E-state index is 13.0. The summed E-state index contributed by atoms with van der Waals surface area (Å²) in [6.45, 7) is 8.73. The zero-order valence-corrected chi connectivity index (χ0v) is 19.2. The fourth-order valence-electron chi connectivity index (χ4n) is 3.36. The molecule has 0 bridgehead atoms. The van der Waals surface area contributed by atoms with Crippen molar-refractivity contribution in [3.8, 4) is 0 Å². The molecule has 1 aromatic rings. The van der Waals surface area contributed by atoms with Gasteiger partial charge in [0, 0.05) is 44.8 Å². The molecule has 0 spiro atoms. The average Bonchev–Trinajstić information content (AvgIpc) is 2.70. The first-order valence-electron chi connectivity index (χ1n) is 9.58. The van der Waals surface area contributed by atoms with Crippen molar-refractivity contribution >= 4 is 26.1 Å². The van der Waals surface area contributed by atoms with Gasteiger partial charge < -0.3 is 4.90 Å².